The Labute approximate surface area is 204 Å². The highest BCUT2D eigenvalue weighted by Gasteiger charge is 2.48. The number of carbonyl (C=O) groups is 4. The van der Waals surface area contributed by atoms with E-state index in [0.717, 1.165) is 10.6 Å². The second-order valence-electron chi connectivity index (χ2n) is 9.31. The first-order chi connectivity index (χ1) is 16.8. The van der Waals surface area contributed by atoms with Crippen LogP contribution in [0.5, 0.6) is 0 Å². The van der Waals surface area contributed by atoms with E-state index in [0.29, 0.717) is 44.3 Å². The van der Waals surface area contributed by atoms with Gasteiger partial charge in [-0.2, -0.15) is 5.01 Å². The fourth-order valence-corrected chi connectivity index (χ4v) is 4.45. The number of hydrogen-bond donors (Lipinski definition) is 3. The third kappa shape index (κ3) is 6.05. The van der Waals surface area contributed by atoms with Gasteiger partial charge in [0.05, 0.1) is 6.54 Å². The van der Waals surface area contributed by atoms with Crippen LogP contribution in [-0.2, 0) is 16.0 Å². The van der Waals surface area contributed by atoms with E-state index in [1.165, 1.54) is 0 Å². The monoisotopic (exact) mass is 477 g/mol. The number of hydrazine groups is 1. The number of hydrogen-bond acceptors (Lipinski definition) is 5. The normalized spacial score (nSPS) is 21.0. The van der Waals surface area contributed by atoms with Gasteiger partial charge in [0, 0.05) is 24.7 Å². The standard InChI is InChI=1S/C26H31N5O4/c1-26(15-12-19-8-4-2-5-9-19)24(34)31(25(35)28-26)29-22(32)18-30-16-13-21(14-17-30)27-23(33)20-10-6-3-7-11-20/h2-11,21H,12-18H2,1H3,(H,27,33)(H,28,35)(H,29,32). The van der Waals surface area contributed by atoms with Gasteiger partial charge >= 0.3 is 6.03 Å². The molecule has 0 aliphatic carbocycles. The Kier molecular flexibility index (Phi) is 7.45. The first-order valence-corrected chi connectivity index (χ1v) is 11.9. The largest absolute Gasteiger partial charge is 0.349 e. The number of benzene rings is 2. The highest BCUT2D eigenvalue weighted by atomic mass is 16.2. The molecule has 1 unspecified atom stereocenters. The van der Waals surface area contributed by atoms with Gasteiger partial charge in [0.25, 0.3) is 17.7 Å². The van der Waals surface area contributed by atoms with Gasteiger partial charge in [-0.3, -0.25) is 24.7 Å². The number of likely N-dealkylation sites (tertiary alicyclic amines) is 1. The second-order valence-corrected chi connectivity index (χ2v) is 9.31. The van der Waals surface area contributed by atoms with Crippen LogP contribution in [0, 0.1) is 0 Å². The SMILES string of the molecule is CC1(CCc2ccccc2)NC(=O)N(NC(=O)CN2CCC(NC(=O)c3ccccc3)CC2)C1=O. The summed E-state index contributed by atoms with van der Waals surface area (Å²) in [6, 6.07) is 18.2. The highest BCUT2D eigenvalue weighted by Crippen LogP contribution is 2.22. The number of imide groups is 1. The summed E-state index contributed by atoms with van der Waals surface area (Å²) in [6.07, 6.45) is 2.48. The summed E-state index contributed by atoms with van der Waals surface area (Å²) in [5, 5.41) is 6.55. The maximum atomic E-state index is 12.9. The third-order valence-electron chi connectivity index (χ3n) is 6.58. The lowest BCUT2D eigenvalue weighted by Gasteiger charge is -2.32. The summed E-state index contributed by atoms with van der Waals surface area (Å²) in [7, 11) is 0. The summed E-state index contributed by atoms with van der Waals surface area (Å²) in [5.74, 6) is -0.989. The van der Waals surface area contributed by atoms with Crippen LogP contribution in [0.15, 0.2) is 60.7 Å². The predicted molar refractivity (Wildman–Crippen MR) is 130 cm³/mol. The van der Waals surface area contributed by atoms with Crippen LogP contribution in [-0.4, -0.2) is 64.9 Å². The topological polar surface area (TPSA) is 111 Å². The summed E-state index contributed by atoms with van der Waals surface area (Å²) < 4.78 is 0. The van der Waals surface area contributed by atoms with Crippen molar-refractivity contribution in [1.29, 1.82) is 0 Å². The lowest BCUT2D eigenvalue weighted by molar-refractivity contribution is -0.139. The Hall–Kier alpha value is -3.72. The Bertz CT molecular complexity index is 1070. The Balaban J connectivity index is 1.22. The van der Waals surface area contributed by atoms with Crippen LogP contribution in [0.1, 0.15) is 42.1 Å². The molecule has 4 rings (SSSR count). The zero-order valence-corrected chi connectivity index (χ0v) is 19.8. The second kappa shape index (κ2) is 10.7. The number of rotatable bonds is 8. The van der Waals surface area contributed by atoms with Crippen molar-refractivity contribution in [2.75, 3.05) is 19.6 Å². The molecule has 0 radical (unpaired) electrons. The molecule has 2 heterocycles. The van der Waals surface area contributed by atoms with Crippen LogP contribution < -0.4 is 16.1 Å². The van der Waals surface area contributed by atoms with E-state index < -0.39 is 23.4 Å². The maximum absolute atomic E-state index is 12.9. The number of amides is 5. The Morgan fingerprint density at radius 2 is 1.63 bits per heavy atom. The minimum atomic E-state index is -1.07. The molecule has 3 N–H and O–H groups in total. The molecule has 0 saturated carbocycles. The van der Waals surface area contributed by atoms with Crippen molar-refractivity contribution in [2.45, 2.75) is 44.2 Å². The van der Waals surface area contributed by atoms with E-state index in [1.54, 1.807) is 19.1 Å². The van der Waals surface area contributed by atoms with Crippen LogP contribution in [0.4, 0.5) is 4.79 Å². The molecular formula is C26H31N5O4. The Morgan fingerprint density at radius 3 is 2.29 bits per heavy atom. The molecule has 0 spiro atoms. The van der Waals surface area contributed by atoms with Crippen molar-refractivity contribution in [3.05, 3.63) is 71.8 Å². The minimum absolute atomic E-state index is 0.0401. The number of piperidine rings is 1. The zero-order valence-electron chi connectivity index (χ0n) is 19.8. The number of nitrogens with zero attached hydrogens (tertiary/aromatic N) is 2. The van der Waals surface area contributed by atoms with Crippen LogP contribution in [0.25, 0.3) is 0 Å². The number of urea groups is 1. The molecule has 35 heavy (non-hydrogen) atoms. The molecule has 0 bridgehead atoms. The number of aryl methyl sites for hydroxylation is 1. The van der Waals surface area contributed by atoms with Crippen LogP contribution >= 0.6 is 0 Å². The average molecular weight is 478 g/mol. The van der Waals surface area contributed by atoms with E-state index in [4.69, 9.17) is 0 Å². The van der Waals surface area contributed by atoms with Gasteiger partial charge in [0.15, 0.2) is 0 Å². The highest BCUT2D eigenvalue weighted by molar-refractivity contribution is 6.07. The van der Waals surface area contributed by atoms with Crippen LogP contribution in [0.3, 0.4) is 0 Å². The van der Waals surface area contributed by atoms with Gasteiger partial charge in [0.2, 0.25) is 0 Å². The lowest BCUT2D eigenvalue weighted by Crippen LogP contribution is -2.52. The van der Waals surface area contributed by atoms with Crippen molar-refractivity contribution in [3.63, 3.8) is 0 Å². The predicted octanol–water partition coefficient (Wildman–Crippen LogP) is 1.86. The van der Waals surface area contributed by atoms with Gasteiger partial charge in [0.1, 0.15) is 5.54 Å². The molecule has 9 heteroatoms. The zero-order chi connectivity index (χ0) is 24.8. The van der Waals surface area contributed by atoms with Gasteiger partial charge in [-0.05, 0) is 50.3 Å². The molecule has 2 fully saturated rings. The number of carbonyl (C=O) groups excluding carboxylic acids is 4. The quantitative estimate of drug-likeness (QED) is 0.503. The van der Waals surface area contributed by atoms with E-state index in [2.05, 4.69) is 16.1 Å². The Morgan fingerprint density at radius 1 is 1.00 bits per heavy atom. The fourth-order valence-electron chi connectivity index (χ4n) is 4.45. The molecule has 2 saturated heterocycles. The van der Waals surface area contributed by atoms with E-state index in [1.807, 2.05) is 53.4 Å². The molecule has 184 valence electrons. The fraction of sp³-hybridized carbons (Fsp3) is 0.385. The van der Waals surface area contributed by atoms with E-state index in [9.17, 15) is 19.2 Å². The summed E-state index contributed by atoms with van der Waals surface area (Å²) in [5.41, 5.74) is 3.09. The van der Waals surface area contributed by atoms with Gasteiger partial charge < -0.3 is 10.6 Å². The number of nitrogens with one attached hydrogen (secondary N) is 3. The maximum Gasteiger partial charge on any atom is 0.344 e. The molecule has 9 nitrogen and oxygen atoms in total. The summed E-state index contributed by atoms with van der Waals surface area (Å²) >= 11 is 0. The third-order valence-corrected chi connectivity index (χ3v) is 6.58. The lowest BCUT2D eigenvalue weighted by atomic mass is 9.93. The molecular weight excluding hydrogens is 446 g/mol. The first kappa shape index (κ1) is 24.4. The minimum Gasteiger partial charge on any atom is -0.349 e. The van der Waals surface area contributed by atoms with Crippen molar-refractivity contribution in [2.24, 2.45) is 0 Å². The van der Waals surface area contributed by atoms with Crippen molar-refractivity contribution < 1.29 is 19.2 Å². The first-order valence-electron chi connectivity index (χ1n) is 11.9. The van der Waals surface area contributed by atoms with Crippen LogP contribution in [0.2, 0.25) is 0 Å². The van der Waals surface area contributed by atoms with Crippen molar-refractivity contribution in [1.82, 2.24) is 26.0 Å². The van der Waals surface area contributed by atoms with E-state index >= 15 is 0 Å². The van der Waals surface area contributed by atoms with Gasteiger partial charge in [-0.25, -0.2) is 4.79 Å². The molecule has 5 amide bonds. The van der Waals surface area contributed by atoms with Crippen molar-refractivity contribution in [3.8, 4) is 0 Å². The smallest absolute Gasteiger partial charge is 0.344 e. The molecule has 2 aromatic rings. The molecule has 0 aromatic heterocycles. The van der Waals surface area contributed by atoms with Crippen molar-refractivity contribution >= 4 is 23.8 Å². The van der Waals surface area contributed by atoms with Gasteiger partial charge in [-0.15, -0.1) is 0 Å². The average Bonchev–Trinajstić information content (AvgIpc) is 3.08. The molecule has 1 atom stereocenters. The molecule has 2 aromatic carbocycles. The summed E-state index contributed by atoms with van der Waals surface area (Å²) in [4.78, 5) is 52.2. The van der Waals surface area contributed by atoms with Gasteiger partial charge in [-0.1, -0.05) is 48.5 Å². The van der Waals surface area contributed by atoms with E-state index in [-0.39, 0.29) is 18.5 Å². The summed E-state index contributed by atoms with van der Waals surface area (Å²) in [6.45, 7) is 3.00. The molecule has 2 aliphatic rings. The molecule has 2 aliphatic heterocycles.